The van der Waals surface area contributed by atoms with Crippen molar-refractivity contribution in [1.82, 2.24) is 9.97 Å². The molecule has 1 aromatic carbocycles. The molecule has 1 aromatic heterocycles. The van der Waals surface area contributed by atoms with Gasteiger partial charge in [-0.1, -0.05) is 25.1 Å². The highest BCUT2D eigenvalue weighted by molar-refractivity contribution is 5.62. The first kappa shape index (κ1) is 15.0. The maximum Gasteiger partial charge on any atom is 0.451 e. The zero-order chi connectivity index (χ0) is 15.5. The third-order valence-electron chi connectivity index (χ3n) is 2.79. The quantitative estimate of drug-likeness (QED) is 0.597. The molecule has 5 nitrogen and oxygen atoms in total. The zero-order valence-electron chi connectivity index (χ0n) is 11.2. The number of hydrogen-bond donors (Lipinski definition) is 3. The molecule has 2 rings (SSSR count). The maximum atomic E-state index is 12.7. The number of hydrogen-bond acceptors (Lipinski definition) is 5. The van der Waals surface area contributed by atoms with Crippen LogP contribution in [0.3, 0.4) is 0 Å². The van der Waals surface area contributed by atoms with Crippen LogP contribution in [0.4, 0.5) is 30.5 Å². The van der Waals surface area contributed by atoms with E-state index in [0.29, 0.717) is 5.69 Å². The molecule has 8 heteroatoms. The van der Waals surface area contributed by atoms with E-state index in [1.807, 2.05) is 19.1 Å². The number of hydrazine groups is 1. The second-order valence-corrected chi connectivity index (χ2v) is 4.24. The first-order valence-corrected chi connectivity index (χ1v) is 6.22. The van der Waals surface area contributed by atoms with E-state index in [-0.39, 0.29) is 11.6 Å². The van der Waals surface area contributed by atoms with Gasteiger partial charge in [-0.2, -0.15) is 13.2 Å². The highest BCUT2D eigenvalue weighted by atomic mass is 19.4. The topological polar surface area (TPSA) is 75.9 Å². The molecule has 0 spiro atoms. The fraction of sp³-hybridized carbons (Fsp3) is 0.231. The highest BCUT2D eigenvalue weighted by Gasteiger charge is 2.35. The van der Waals surface area contributed by atoms with Crippen molar-refractivity contribution < 1.29 is 13.2 Å². The van der Waals surface area contributed by atoms with Gasteiger partial charge in [0.05, 0.1) is 0 Å². The molecule has 0 radical (unpaired) electrons. The monoisotopic (exact) mass is 297 g/mol. The van der Waals surface area contributed by atoms with E-state index in [0.717, 1.165) is 12.0 Å². The van der Waals surface area contributed by atoms with Gasteiger partial charge in [-0.3, -0.25) is 0 Å². The fourth-order valence-corrected chi connectivity index (χ4v) is 1.80. The molecular formula is C13H14F3N5. The minimum absolute atomic E-state index is 0.0196. The van der Waals surface area contributed by atoms with E-state index in [4.69, 9.17) is 5.84 Å². The van der Waals surface area contributed by atoms with Crippen LogP contribution in [-0.4, -0.2) is 9.97 Å². The summed E-state index contributed by atoms with van der Waals surface area (Å²) in [7, 11) is 0. The Morgan fingerprint density at radius 3 is 2.43 bits per heavy atom. The van der Waals surface area contributed by atoms with Gasteiger partial charge in [-0.15, -0.1) is 0 Å². The van der Waals surface area contributed by atoms with Crippen LogP contribution in [0.15, 0.2) is 30.3 Å². The van der Waals surface area contributed by atoms with Crippen molar-refractivity contribution in [3.8, 4) is 0 Å². The lowest BCUT2D eigenvalue weighted by Crippen LogP contribution is -2.16. The van der Waals surface area contributed by atoms with Crippen molar-refractivity contribution in [3.63, 3.8) is 0 Å². The first-order valence-electron chi connectivity index (χ1n) is 6.22. The van der Waals surface area contributed by atoms with E-state index < -0.39 is 12.0 Å². The van der Waals surface area contributed by atoms with Gasteiger partial charge in [0.15, 0.2) is 0 Å². The summed E-state index contributed by atoms with van der Waals surface area (Å²) in [6, 6.07) is 8.61. The standard InChI is InChI=1S/C13H14F3N5/c1-2-8-5-3-4-6-9(8)18-10-7-11(21-17)20-12(19-10)13(14,15)16/h3-7H,2,17H2,1H3,(H2,18,19,20,21). The molecule has 0 unspecified atom stereocenters. The third-order valence-corrected chi connectivity index (χ3v) is 2.79. The molecule has 0 aliphatic carbocycles. The number of para-hydroxylation sites is 1. The average Bonchev–Trinajstić information content (AvgIpc) is 2.46. The lowest BCUT2D eigenvalue weighted by molar-refractivity contribution is -0.144. The second kappa shape index (κ2) is 5.96. The molecule has 2 aromatic rings. The summed E-state index contributed by atoms with van der Waals surface area (Å²) in [4.78, 5) is 6.78. The number of anilines is 3. The minimum Gasteiger partial charge on any atom is -0.340 e. The number of benzene rings is 1. The van der Waals surface area contributed by atoms with E-state index in [1.165, 1.54) is 6.07 Å². The van der Waals surface area contributed by atoms with E-state index in [2.05, 4.69) is 20.7 Å². The van der Waals surface area contributed by atoms with Crippen LogP contribution in [0.25, 0.3) is 0 Å². The zero-order valence-corrected chi connectivity index (χ0v) is 11.2. The molecule has 0 bridgehead atoms. The average molecular weight is 297 g/mol. The predicted molar refractivity (Wildman–Crippen MR) is 73.9 cm³/mol. The highest BCUT2D eigenvalue weighted by Crippen LogP contribution is 2.29. The molecule has 0 saturated carbocycles. The Morgan fingerprint density at radius 1 is 1.14 bits per heavy atom. The summed E-state index contributed by atoms with van der Waals surface area (Å²) in [5.74, 6) is 3.79. The summed E-state index contributed by atoms with van der Waals surface area (Å²) in [5.41, 5.74) is 3.76. The van der Waals surface area contributed by atoms with Gasteiger partial charge in [-0.05, 0) is 18.1 Å². The number of alkyl halides is 3. The molecule has 4 N–H and O–H groups in total. The van der Waals surface area contributed by atoms with Crippen LogP contribution in [-0.2, 0) is 12.6 Å². The van der Waals surface area contributed by atoms with Crippen molar-refractivity contribution in [1.29, 1.82) is 0 Å². The van der Waals surface area contributed by atoms with Gasteiger partial charge in [0.25, 0.3) is 0 Å². The van der Waals surface area contributed by atoms with Crippen LogP contribution >= 0.6 is 0 Å². The number of nitrogens with one attached hydrogen (secondary N) is 2. The molecule has 0 aliphatic heterocycles. The van der Waals surface area contributed by atoms with E-state index >= 15 is 0 Å². The Morgan fingerprint density at radius 2 is 1.81 bits per heavy atom. The molecule has 0 saturated heterocycles. The summed E-state index contributed by atoms with van der Waals surface area (Å²) >= 11 is 0. The lowest BCUT2D eigenvalue weighted by Gasteiger charge is -2.13. The number of aromatic nitrogens is 2. The van der Waals surface area contributed by atoms with Gasteiger partial charge >= 0.3 is 6.18 Å². The van der Waals surface area contributed by atoms with Gasteiger partial charge in [0.1, 0.15) is 11.6 Å². The molecule has 0 atom stereocenters. The van der Waals surface area contributed by atoms with E-state index in [9.17, 15) is 13.2 Å². The normalized spacial score (nSPS) is 11.3. The summed E-state index contributed by atoms with van der Waals surface area (Å²) in [6.07, 6.45) is -3.91. The van der Waals surface area contributed by atoms with Crippen molar-refractivity contribution in [2.24, 2.45) is 5.84 Å². The van der Waals surface area contributed by atoms with Crippen LogP contribution in [0.2, 0.25) is 0 Å². The van der Waals surface area contributed by atoms with Gasteiger partial charge < -0.3 is 10.7 Å². The largest absolute Gasteiger partial charge is 0.451 e. The number of halogens is 3. The summed E-state index contributed by atoms with van der Waals surface area (Å²) in [5, 5.41) is 2.86. The molecule has 112 valence electrons. The SMILES string of the molecule is CCc1ccccc1Nc1cc(NN)nc(C(F)(F)F)n1. The Bertz CT molecular complexity index is 627. The number of nitrogens with zero attached hydrogens (tertiary/aromatic N) is 2. The second-order valence-electron chi connectivity index (χ2n) is 4.24. The Balaban J connectivity index is 2.39. The van der Waals surface area contributed by atoms with Crippen molar-refractivity contribution in [3.05, 3.63) is 41.7 Å². The van der Waals surface area contributed by atoms with Crippen LogP contribution in [0, 0.1) is 0 Å². The lowest BCUT2D eigenvalue weighted by atomic mass is 10.1. The molecule has 21 heavy (non-hydrogen) atoms. The van der Waals surface area contributed by atoms with Gasteiger partial charge in [-0.25, -0.2) is 15.8 Å². The smallest absolute Gasteiger partial charge is 0.340 e. The Hall–Kier alpha value is -2.35. The fourth-order valence-electron chi connectivity index (χ4n) is 1.80. The van der Waals surface area contributed by atoms with Gasteiger partial charge in [0, 0.05) is 11.8 Å². The van der Waals surface area contributed by atoms with Crippen LogP contribution in [0.1, 0.15) is 18.3 Å². The predicted octanol–water partition coefficient (Wildman–Crippen LogP) is 3.09. The van der Waals surface area contributed by atoms with Crippen molar-refractivity contribution in [2.45, 2.75) is 19.5 Å². The molecule has 0 amide bonds. The van der Waals surface area contributed by atoms with Crippen LogP contribution in [0.5, 0.6) is 0 Å². The third kappa shape index (κ3) is 3.60. The number of aryl methyl sites for hydroxylation is 1. The van der Waals surface area contributed by atoms with E-state index in [1.54, 1.807) is 12.1 Å². The Kier molecular flexibility index (Phi) is 4.27. The molecule has 1 heterocycles. The summed E-state index contributed by atoms with van der Waals surface area (Å²) < 4.78 is 38.2. The maximum absolute atomic E-state index is 12.7. The first-order chi connectivity index (χ1) is 9.94. The van der Waals surface area contributed by atoms with Crippen molar-refractivity contribution >= 4 is 17.3 Å². The van der Waals surface area contributed by atoms with Crippen molar-refractivity contribution in [2.75, 3.05) is 10.7 Å². The number of nitrogens with two attached hydrogens (primary N) is 1. The molecule has 0 fully saturated rings. The molecular weight excluding hydrogens is 283 g/mol. The minimum atomic E-state index is -4.65. The summed E-state index contributed by atoms with van der Waals surface area (Å²) in [6.45, 7) is 1.95. The molecule has 0 aliphatic rings. The van der Waals surface area contributed by atoms with Gasteiger partial charge in [0.2, 0.25) is 5.82 Å². The Labute approximate surface area is 119 Å². The number of rotatable bonds is 4. The number of nitrogen functional groups attached to an aromatic ring is 1. The van der Waals surface area contributed by atoms with Crippen LogP contribution < -0.4 is 16.6 Å².